The summed E-state index contributed by atoms with van der Waals surface area (Å²) in [6.07, 6.45) is 0.431. The molecule has 156 valence electrons. The van der Waals surface area contributed by atoms with Gasteiger partial charge in [0.2, 0.25) is 5.91 Å². The summed E-state index contributed by atoms with van der Waals surface area (Å²) in [5, 5.41) is 10.2. The smallest absolute Gasteiger partial charge is 0.221 e. The molecule has 0 saturated heterocycles. The highest BCUT2D eigenvalue weighted by atomic mass is 16.5. The lowest BCUT2D eigenvalue weighted by Crippen LogP contribution is -2.40. The molecule has 2 aromatic rings. The molecule has 0 radical (unpaired) electrons. The van der Waals surface area contributed by atoms with E-state index in [1.54, 1.807) is 28.4 Å². The molecule has 7 nitrogen and oxygen atoms in total. The molecule has 29 heavy (non-hydrogen) atoms. The summed E-state index contributed by atoms with van der Waals surface area (Å²) in [5.74, 6) is 0.751. The third kappa shape index (κ3) is 3.70. The van der Waals surface area contributed by atoms with Crippen molar-refractivity contribution in [3.05, 3.63) is 47.0 Å². The fraction of sp³-hybridized carbons (Fsp3) is 0.409. The lowest BCUT2D eigenvalue weighted by molar-refractivity contribution is -0.124. The molecule has 2 aromatic carbocycles. The largest absolute Gasteiger partial charge is 0.493 e. The minimum Gasteiger partial charge on any atom is -0.493 e. The van der Waals surface area contributed by atoms with Crippen LogP contribution in [0.2, 0.25) is 0 Å². The van der Waals surface area contributed by atoms with Crippen molar-refractivity contribution in [1.82, 2.24) is 0 Å². The van der Waals surface area contributed by atoms with Crippen LogP contribution in [0.1, 0.15) is 22.6 Å². The number of hydrogen-bond donors (Lipinski definition) is 2. The second kappa shape index (κ2) is 8.61. The Bertz CT molecular complexity index is 897. The average molecular weight is 401 g/mol. The van der Waals surface area contributed by atoms with Crippen molar-refractivity contribution < 1.29 is 28.8 Å². The molecule has 0 unspecified atom stereocenters. The molecule has 1 aliphatic carbocycles. The van der Waals surface area contributed by atoms with E-state index in [0.717, 1.165) is 16.7 Å². The average Bonchev–Trinajstić information content (AvgIpc) is 2.75. The number of ether oxygens (including phenoxy) is 4. The van der Waals surface area contributed by atoms with Gasteiger partial charge in [-0.05, 0) is 47.4 Å². The second-order valence-corrected chi connectivity index (χ2v) is 7.06. The van der Waals surface area contributed by atoms with E-state index < -0.39 is 11.8 Å². The Balaban J connectivity index is 2.23. The molecule has 3 N–H and O–H groups in total. The number of benzene rings is 2. The first kappa shape index (κ1) is 20.8. The number of aliphatic hydroxyl groups is 1. The molecule has 0 aliphatic heterocycles. The van der Waals surface area contributed by atoms with Crippen molar-refractivity contribution in [3.8, 4) is 23.0 Å². The van der Waals surface area contributed by atoms with Gasteiger partial charge in [-0.15, -0.1) is 0 Å². The van der Waals surface area contributed by atoms with Gasteiger partial charge >= 0.3 is 0 Å². The quantitative estimate of drug-likeness (QED) is 0.737. The number of amides is 1. The van der Waals surface area contributed by atoms with Gasteiger partial charge in [-0.1, -0.05) is 6.07 Å². The normalized spacial score (nSPS) is 20.5. The van der Waals surface area contributed by atoms with Gasteiger partial charge in [0.15, 0.2) is 23.0 Å². The standard InChI is InChI=1S/C22H27NO6/c1-26-17-6-5-12(8-18(17)27-2)21-14-10-20(29-4)19(28-3)9-13(14)7-15(22(23)25)16(21)11-24/h5-6,8-10,15-16,21,24H,7,11H2,1-4H3,(H2,23,25)/t15-,16-,21+/m0/s1. The highest BCUT2D eigenvalue weighted by molar-refractivity contribution is 5.78. The SMILES string of the molecule is COc1ccc([C@@H]2c3cc(OC)c(OC)cc3C[C@H](C(N)=O)[C@@H]2CO)cc1OC. The fourth-order valence-corrected chi connectivity index (χ4v) is 4.27. The third-order valence-electron chi connectivity index (χ3n) is 5.71. The van der Waals surface area contributed by atoms with Crippen LogP contribution in [0.25, 0.3) is 0 Å². The third-order valence-corrected chi connectivity index (χ3v) is 5.71. The van der Waals surface area contributed by atoms with Crippen LogP contribution < -0.4 is 24.7 Å². The maximum Gasteiger partial charge on any atom is 0.221 e. The van der Waals surface area contributed by atoms with Crippen LogP contribution in [0.15, 0.2) is 30.3 Å². The number of hydrogen-bond acceptors (Lipinski definition) is 6. The van der Waals surface area contributed by atoms with Crippen LogP contribution in [-0.2, 0) is 11.2 Å². The second-order valence-electron chi connectivity index (χ2n) is 7.06. The predicted octanol–water partition coefficient (Wildman–Crippen LogP) is 2.12. The molecule has 0 bridgehead atoms. The zero-order valence-corrected chi connectivity index (χ0v) is 17.1. The van der Waals surface area contributed by atoms with Crippen molar-refractivity contribution >= 4 is 5.91 Å². The summed E-state index contributed by atoms with van der Waals surface area (Å²) in [6, 6.07) is 9.40. The van der Waals surface area contributed by atoms with Crippen LogP contribution in [0.4, 0.5) is 0 Å². The zero-order chi connectivity index (χ0) is 21.1. The van der Waals surface area contributed by atoms with Crippen molar-refractivity contribution in [1.29, 1.82) is 0 Å². The Morgan fingerprint density at radius 1 is 0.966 bits per heavy atom. The van der Waals surface area contributed by atoms with Gasteiger partial charge < -0.3 is 29.8 Å². The molecule has 3 rings (SSSR count). The predicted molar refractivity (Wildman–Crippen MR) is 108 cm³/mol. The van der Waals surface area contributed by atoms with Crippen molar-refractivity contribution in [2.75, 3.05) is 35.0 Å². The first-order valence-corrected chi connectivity index (χ1v) is 9.35. The Hall–Kier alpha value is -2.93. The van der Waals surface area contributed by atoms with Gasteiger partial charge in [-0.25, -0.2) is 0 Å². The molecule has 7 heteroatoms. The van der Waals surface area contributed by atoms with E-state index >= 15 is 0 Å². The first-order chi connectivity index (χ1) is 14.0. The van der Waals surface area contributed by atoms with E-state index in [-0.39, 0.29) is 18.4 Å². The summed E-state index contributed by atoms with van der Waals surface area (Å²) in [6.45, 7) is -0.180. The Kier molecular flexibility index (Phi) is 6.17. The summed E-state index contributed by atoms with van der Waals surface area (Å²) in [7, 11) is 6.29. The number of nitrogens with two attached hydrogens (primary N) is 1. The van der Waals surface area contributed by atoms with Gasteiger partial charge in [0.1, 0.15) is 0 Å². The van der Waals surface area contributed by atoms with E-state index in [1.165, 1.54) is 0 Å². The molecule has 1 aliphatic rings. The molecule has 0 spiro atoms. The molecule has 1 amide bonds. The minimum absolute atomic E-state index is 0.180. The van der Waals surface area contributed by atoms with Gasteiger partial charge in [0.05, 0.1) is 28.4 Å². The number of primary amides is 1. The number of aliphatic hydroxyl groups excluding tert-OH is 1. The number of carbonyl (C=O) groups excluding carboxylic acids is 1. The van der Waals surface area contributed by atoms with Crippen LogP contribution in [0, 0.1) is 11.8 Å². The maximum absolute atomic E-state index is 12.2. The molecular formula is C22H27NO6. The Morgan fingerprint density at radius 2 is 1.55 bits per heavy atom. The van der Waals surface area contributed by atoms with Crippen LogP contribution in [0.3, 0.4) is 0 Å². The summed E-state index contributed by atoms with van der Waals surface area (Å²) >= 11 is 0. The molecular weight excluding hydrogens is 374 g/mol. The first-order valence-electron chi connectivity index (χ1n) is 9.35. The van der Waals surface area contributed by atoms with E-state index in [1.807, 2.05) is 30.3 Å². The molecule has 3 atom stereocenters. The lowest BCUT2D eigenvalue weighted by Gasteiger charge is -2.38. The number of methoxy groups -OCH3 is 4. The van der Waals surface area contributed by atoms with Gasteiger partial charge in [0.25, 0.3) is 0 Å². The molecule has 0 heterocycles. The van der Waals surface area contributed by atoms with Gasteiger partial charge in [-0.3, -0.25) is 4.79 Å². The number of fused-ring (bicyclic) bond motifs is 1. The number of carbonyl (C=O) groups is 1. The topological polar surface area (TPSA) is 100 Å². The summed E-state index contributed by atoms with van der Waals surface area (Å²) in [4.78, 5) is 12.2. The van der Waals surface area contributed by atoms with Crippen LogP contribution in [0.5, 0.6) is 23.0 Å². The van der Waals surface area contributed by atoms with Crippen molar-refractivity contribution in [2.45, 2.75) is 12.3 Å². The molecule has 0 aromatic heterocycles. The summed E-state index contributed by atoms with van der Waals surface area (Å²) < 4.78 is 21.7. The monoisotopic (exact) mass is 401 g/mol. The van der Waals surface area contributed by atoms with E-state index in [0.29, 0.717) is 29.4 Å². The van der Waals surface area contributed by atoms with Crippen molar-refractivity contribution in [3.63, 3.8) is 0 Å². The maximum atomic E-state index is 12.2. The van der Waals surface area contributed by atoms with Crippen molar-refractivity contribution in [2.24, 2.45) is 17.6 Å². The highest BCUT2D eigenvalue weighted by Crippen LogP contribution is 2.48. The molecule has 0 fully saturated rings. The van der Waals surface area contributed by atoms with E-state index in [9.17, 15) is 9.90 Å². The molecule has 0 saturated carbocycles. The van der Waals surface area contributed by atoms with E-state index in [2.05, 4.69) is 0 Å². The lowest BCUT2D eigenvalue weighted by atomic mass is 9.66. The van der Waals surface area contributed by atoms with E-state index in [4.69, 9.17) is 24.7 Å². The number of rotatable bonds is 7. The van der Waals surface area contributed by atoms with Crippen LogP contribution >= 0.6 is 0 Å². The highest BCUT2D eigenvalue weighted by Gasteiger charge is 2.41. The Morgan fingerprint density at radius 3 is 2.10 bits per heavy atom. The summed E-state index contributed by atoms with van der Waals surface area (Å²) in [5.41, 5.74) is 8.50. The zero-order valence-electron chi connectivity index (χ0n) is 17.1. The van der Waals surface area contributed by atoms with Gasteiger partial charge in [-0.2, -0.15) is 0 Å². The fourth-order valence-electron chi connectivity index (χ4n) is 4.27. The van der Waals surface area contributed by atoms with Crippen LogP contribution in [-0.4, -0.2) is 46.1 Å². The minimum atomic E-state index is -0.510. The van der Waals surface area contributed by atoms with Gasteiger partial charge in [0, 0.05) is 24.4 Å². The Labute approximate surface area is 170 Å².